The molecule has 2 rings (SSSR count). The molecule has 0 radical (unpaired) electrons. The molecule has 6 N–H and O–H groups in total. The van der Waals surface area contributed by atoms with Crippen LogP contribution in [0.15, 0.2) is 0 Å². The van der Waals surface area contributed by atoms with Gasteiger partial charge in [-0.3, -0.25) is 10.4 Å². The number of hydrogen-bond acceptors (Lipinski definition) is 14. The van der Waals surface area contributed by atoms with E-state index >= 15 is 0 Å². The Bertz CT molecular complexity index is 719. The van der Waals surface area contributed by atoms with E-state index in [9.17, 15) is 10.4 Å². The highest BCUT2D eigenvalue weighted by molar-refractivity contribution is 5.44. The van der Waals surface area contributed by atoms with Gasteiger partial charge in [-0.25, -0.2) is 11.0 Å². The first kappa shape index (κ1) is 23.0. The Balaban J connectivity index is 2.02. The third-order valence-electron chi connectivity index (χ3n) is 4.23. The zero-order valence-electron chi connectivity index (χ0n) is 17.7. The van der Waals surface area contributed by atoms with Crippen LogP contribution >= 0.6 is 0 Å². The van der Waals surface area contributed by atoms with Gasteiger partial charge in [-0.05, 0) is 27.7 Å². The van der Waals surface area contributed by atoms with Crippen molar-refractivity contribution >= 4 is 35.7 Å². The van der Waals surface area contributed by atoms with Crippen LogP contribution in [0.5, 0.6) is 0 Å². The van der Waals surface area contributed by atoms with E-state index < -0.39 is 0 Å². The van der Waals surface area contributed by atoms with Crippen molar-refractivity contribution in [3.63, 3.8) is 0 Å². The first-order valence-corrected chi connectivity index (χ1v) is 9.88. The smallest absolute Gasteiger partial charge is 0.253 e. The Kier molecular flexibility index (Phi) is 8.96. The topological polar surface area (TPSA) is 172 Å². The quantitative estimate of drug-likeness (QED) is 0.198. The van der Waals surface area contributed by atoms with Crippen molar-refractivity contribution in [2.24, 2.45) is 0 Å². The maximum absolute atomic E-state index is 9.18. The zero-order valence-corrected chi connectivity index (χ0v) is 17.7. The van der Waals surface area contributed by atoms with Gasteiger partial charge in [0.15, 0.2) is 0 Å². The predicted molar refractivity (Wildman–Crippen MR) is 115 cm³/mol. The van der Waals surface area contributed by atoms with Crippen LogP contribution in [0.1, 0.15) is 27.7 Å². The molecule has 2 aromatic rings. The molecule has 30 heavy (non-hydrogen) atoms. The van der Waals surface area contributed by atoms with Crippen molar-refractivity contribution in [2.45, 2.75) is 27.7 Å². The highest BCUT2D eigenvalue weighted by Crippen LogP contribution is 2.14. The van der Waals surface area contributed by atoms with Crippen molar-refractivity contribution in [1.82, 2.24) is 29.9 Å². The van der Waals surface area contributed by atoms with Crippen LogP contribution in [0.2, 0.25) is 0 Å². The number of aromatic nitrogens is 6. The summed E-state index contributed by atoms with van der Waals surface area (Å²) in [6.45, 7) is 11.8. The van der Waals surface area contributed by atoms with Crippen molar-refractivity contribution in [3.8, 4) is 0 Å². The van der Waals surface area contributed by atoms with E-state index in [2.05, 4.69) is 40.5 Å². The molecule has 0 saturated heterocycles. The van der Waals surface area contributed by atoms with Crippen molar-refractivity contribution in [2.75, 3.05) is 70.7 Å². The van der Waals surface area contributed by atoms with Gasteiger partial charge >= 0.3 is 0 Å². The molecule has 0 aliphatic rings. The molecule has 0 unspecified atom stereocenters. The minimum absolute atomic E-state index is 0.0577. The standard InChI is InChI=1S/C16H30N12O2/c1-5-27(6-2)15-21-11(19-13(23-15)25-29)17-9-10-18-12-20-14(26-30)24-16(22-12)28(7-3)8-4/h29-30H,5-10H2,1-4H3,(H2,17,19,21,23,25)(H2,18,20,22,24,26). The first-order chi connectivity index (χ1) is 14.6. The van der Waals surface area contributed by atoms with Gasteiger partial charge in [0, 0.05) is 39.3 Å². The molecule has 0 saturated carbocycles. The summed E-state index contributed by atoms with van der Waals surface area (Å²) in [5.74, 6) is 1.68. The number of anilines is 6. The summed E-state index contributed by atoms with van der Waals surface area (Å²) < 4.78 is 0. The normalized spacial score (nSPS) is 10.5. The van der Waals surface area contributed by atoms with Crippen molar-refractivity contribution < 1.29 is 10.4 Å². The Morgan fingerprint density at radius 1 is 0.567 bits per heavy atom. The maximum Gasteiger partial charge on any atom is 0.253 e. The molecule has 2 aromatic heterocycles. The van der Waals surface area contributed by atoms with E-state index in [1.807, 2.05) is 48.5 Å². The van der Waals surface area contributed by atoms with Gasteiger partial charge in [-0.1, -0.05) is 0 Å². The van der Waals surface area contributed by atoms with Gasteiger partial charge in [0.2, 0.25) is 23.8 Å². The molecule has 0 atom stereocenters. The van der Waals surface area contributed by atoms with E-state index in [1.54, 1.807) is 0 Å². The maximum atomic E-state index is 9.18. The molecule has 166 valence electrons. The van der Waals surface area contributed by atoms with E-state index in [4.69, 9.17) is 0 Å². The lowest BCUT2D eigenvalue weighted by Gasteiger charge is -2.20. The molecule has 0 bridgehead atoms. The molecule has 0 spiro atoms. The average Bonchev–Trinajstić information content (AvgIpc) is 2.78. The van der Waals surface area contributed by atoms with E-state index in [0.29, 0.717) is 36.9 Å². The van der Waals surface area contributed by atoms with Gasteiger partial charge in [-0.15, -0.1) is 0 Å². The van der Waals surface area contributed by atoms with Crippen LogP contribution in [-0.2, 0) is 0 Å². The molecule has 2 heterocycles. The SMILES string of the molecule is CCN(CC)c1nc(NO)nc(NCCNc2nc(NO)nc(N(CC)CC)n2)n1. The van der Waals surface area contributed by atoms with Gasteiger partial charge in [0.25, 0.3) is 11.9 Å². The summed E-state index contributed by atoms with van der Waals surface area (Å²) in [6, 6.07) is 0. The summed E-state index contributed by atoms with van der Waals surface area (Å²) in [7, 11) is 0. The molecule has 0 aliphatic carbocycles. The third kappa shape index (κ3) is 6.12. The Morgan fingerprint density at radius 3 is 1.20 bits per heavy atom. The van der Waals surface area contributed by atoms with Crippen LogP contribution in [0, 0.1) is 0 Å². The number of nitrogens with one attached hydrogen (secondary N) is 4. The minimum Gasteiger partial charge on any atom is -0.352 e. The highest BCUT2D eigenvalue weighted by atomic mass is 16.5. The van der Waals surface area contributed by atoms with Crippen molar-refractivity contribution in [3.05, 3.63) is 0 Å². The second kappa shape index (κ2) is 11.7. The lowest BCUT2D eigenvalue weighted by Crippen LogP contribution is -2.26. The summed E-state index contributed by atoms with van der Waals surface area (Å²) in [4.78, 5) is 29.1. The van der Waals surface area contributed by atoms with Gasteiger partial charge in [0.05, 0.1) is 0 Å². The Labute approximate surface area is 175 Å². The fourth-order valence-electron chi connectivity index (χ4n) is 2.63. The predicted octanol–water partition coefficient (Wildman–Crippen LogP) is 0.875. The Hall–Kier alpha value is -3.26. The summed E-state index contributed by atoms with van der Waals surface area (Å²) in [6.07, 6.45) is 0. The highest BCUT2D eigenvalue weighted by Gasteiger charge is 2.12. The fourth-order valence-corrected chi connectivity index (χ4v) is 2.63. The summed E-state index contributed by atoms with van der Waals surface area (Å²) in [5.41, 5.74) is 3.92. The molecule has 0 amide bonds. The fraction of sp³-hybridized carbons (Fsp3) is 0.625. The molecule has 0 aliphatic heterocycles. The summed E-state index contributed by atoms with van der Waals surface area (Å²) in [5, 5.41) is 24.5. The number of hydrogen-bond donors (Lipinski definition) is 6. The van der Waals surface area contributed by atoms with E-state index in [1.165, 1.54) is 0 Å². The van der Waals surface area contributed by atoms with E-state index in [0.717, 1.165) is 26.2 Å². The van der Waals surface area contributed by atoms with Gasteiger partial charge in [0.1, 0.15) is 0 Å². The van der Waals surface area contributed by atoms with Crippen LogP contribution in [-0.4, -0.2) is 79.6 Å². The second-order valence-electron chi connectivity index (χ2n) is 5.99. The molecule has 14 nitrogen and oxygen atoms in total. The second-order valence-corrected chi connectivity index (χ2v) is 5.99. The lowest BCUT2D eigenvalue weighted by atomic mass is 10.5. The molecule has 0 aromatic carbocycles. The monoisotopic (exact) mass is 422 g/mol. The average molecular weight is 422 g/mol. The number of rotatable bonds is 13. The lowest BCUT2D eigenvalue weighted by molar-refractivity contribution is 0.382. The minimum atomic E-state index is 0.0577. The van der Waals surface area contributed by atoms with E-state index in [-0.39, 0.29) is 11.9 Å². The molecule has 14 heteroatoms. The third-order valence-corrected chi connectivity index (χ3v) is 4.23. The van der Waals surface area contributed by atoms with Crippen LogP contribution < -0.4 is 31.4 Å². The number of nitrogens with zero attached hydrogens (tertiary/aromatic N) is 8. The Morgan fingerprint density at radius 2 is 0.900 bits per heavy atom. The van der Waals surface area contributed by atoms with Crippen LogP contribution in [0.3, 0.4) is 0 Å². The van der Waals surface area contributed by atoms with Gasteiger partial charge in [-0.2, -0.15) is 29.9 Å². The molecular formula is C16H30N12O2. The molecular weight excluding hydrogens is 392 g/mol. The first-order valence-electron chi connectivity index (χ1n) is 9.88. The van der Waals surface area contributed by atoms with Crippen LogP contribution in [0.25, 0.3) is 0 Å². The van der Waals surface area contributed by atoms with Crippen molar-refractivity contribution in [1.29, 1.82) is 0 Å². The molecule has 0 fully saturated rings. The zero-order chi connectivity index (χ0) is 21.9. The van der Waals surface area contributed by atoms with Crippen LogP contribution in [0.4, 0.5) is 35.7 Å². The van der Waals surface area contributed by atoms with Gasteiger partial charge < -0.3 is 20.4 Å². The largest absolute Gasteiger partial charge is 0.352 e. The summed E-state index contributed by atoms with van der Waals surface area (Å²) >= 11 is 0.